The van der Waals surface area contributed by atoms with Crippen LogP contribution in [0, 0.1) is 0 Å². The number of rotatable bonds is 5. The van der Waals surface area contributed by atoms with Gasteiger partial charge in [-0.05, 0) is 48.7 Å². The van der Waals surface area contributed by atoms with Crippen molar-refractivity contribution in [3.63, 3.8) is 0 Å². The number of ether oxygens (including phenoxy) is 1. The quantitative estimate of drug-likeness (QED) is 0.833. The number of benzene rings is 2. The van der Waals surface area contributed by atoms with Crippen LogP contribution in [0.4, 0.5) is 5.69 Å². The summed E-state index contributed by atoms with van der Waals surface area (Å²) in [6.45, 7) is 0. The Morgan fingerprint density at radius 3 is 2.36 bits per heavy atom. The van der Waals surface area contributed by atoms with E-state index in [4.69, 9.17) is 21.5 Å². The van der Waals surface area contributed by atoms with Gasteiger partial charge < -0.3 is 10.1 Å². The lowest BCUT2D eigenvalue weighted by molar-refractivity contribution is -0.118. The van der Waals surface area contributed by atoms with Crippen molar-refractivity contribution in [1.29, 1.82) is 0 Å². The maximum Gasteiger partial charge on any atom is 0.241 e. The van der Waals surface area contributed by atoms with E-state index in [-0.39, 0.29) is 16.6 Å². The van der Waals surface area contributed by atoms with Gasteiger partial charge in [-0.1, -0.05) is 23.7 Å². The molecule has 2 aromatic carbocycles. The molecule has 132 valence electrons. The summed E-state index contributed by atoms with van der Waals surface area (Å²) >= 11 is 5.90. The number of sulfonamides is 1. The zero-order valence-corrected chi connectivity index (χ0v) is 15.0. The van der Waals surface area contributed by atoms with Gasteiger partial charge in [0, 0.05) is 10.7 Å². The SMILES string of the molecule is COc1ccc(NC(=O)C2(c3ccc(Cl)cc3)CC2)cc1S(N)(=O)=O. The molecule has 0 heterocycles. The Labute approximate surface area is 151 Å². The molecule has 1 saturated carbocycles. The third kappa shape index (κ3) is 3.49. The first-order valence-electron chi connectivity index (χ1n) is 7.55. The van der Waals surface area contributed by atoms with Gasteiger partial charge in [0.25, 0.3) is 0 Å². The van der Waals surface area contributed by atoms with Gasteiger partial charge >= 0.3 is 0 Å². The number of anilines is 1. The van der Waals surface area contributed by atoms with Gasteiger partial charge in [0.2, 0.25) is 15.9 Å². The van der Waals surface area contributed by atoms with Crippen LogP contribution in [0.25, 0.3) is 0 Å². The third-order valence-corrected chi connectivity index (χ3v) is 5.49. The molecule has 2 aromatic rings. The summed E-state index contributed by atoms with van der Waals surface area (Å²) in [6.07, 6.45) is 1.44. The molecule has 0 radical (unpaired) electrons. The Morgan fingerprint density at radius 1 is 1.20 bits per heavy atom. The molecule has 1 amide bonds. The van der Waals surface area contributed by atoms with Crippen molar-refractivity contribution in [2.24, 2.45) is 5.14 Å². The van der Waals surface area contributed by atoms with Crippen molar-refractivity contribution in [3.8, 4) is 5.75 Å². The number of nitrogens with one attached hydrogen (secondary N) is 1. The zero-order chi connectivity index (χ0) is 18.2. The molecule has 25 heavy (non-hydrogen) atoms. The van der Waals surface area contributed by atoms with Gasteiger partial charge in [-0.3, -0.25) is 4.79 Å². The number of halogens is 1. The predicted octanol–water partition coefficient (Wildman–Crippen LogP) is 2.67. The van der Waals surface area contributed by atoms with Crippen LogP contribution in [0.3, 0.4) is 0 Å². The number of methoxy groups -OCH3 is 1. The van der Waals surface area contributed by atoms with Crippen molar-refractivity contribution in [2.75, 3.05) is 12.4 Å². The van der Waals surface area contributed by atoms with Crippen molar-refractivity contribution < 1.29 is 17.9 Å². The van der Waals surface area contributed by atoms with Crippen molar-refractivity contribution in [3.05, 3.63) is 53.1 Å². The summed E-state index contributed by atoms with van der Waals surface area (Å²) in [5.41, 5.74) is 0.622. The van der Waals surface area contributed by atoms with E-state index in [1.165, 1.54) is 19.2 Å². The minimum absolute atomic E-state index is 0.124. The van der Waals surface area contributed by atoms with Crippen LogP contribution in [0.15, 0.2) is 47.4 Å². The van der Waals surface area contributed by atoms with Gasteiger partial charge in [0.05, 0.1) is 12.5 Å². The molecule has 3 N–H and O–H groups in total. The summed E-state index contributed by atoms with van der Waals surface area (Å²) in [4.78, 5) is 12.6. The second kappa shape index (κ2) is 6.33. The molecule has 0 unspecified atom stereocenters. The number of hydrogen-bond acceptors (Lipinski definition) is 4. The maximum atomic E-state index is 12.7. The third-order valence-electron chi connectivity index (χ3n) is 4.31. The Hall–Kier alpha value is -2.09. The molecule has 0 aromatic heterocycles. The molecule has 1 aliphatic carbocycles. The number of nitrogens with two attached hydrogens (primary N) is 1. The highest BCUT2D eigenvalue weighted by Gasteiger charge is 2.51. The fraction of sp³-hybridized carbons (Fsp3) is 0.235. The number of carbonyl (C=O) groups is 1. The highest BCUT2D eigenvalue weighted by molar-refractivity contribution is 7.89. The van der Waals surface area contributed by atoms with Crippen molar-refractivity contribution in [1.82, 2.24) is 0 Å². The topological polar surface area (TPSA) is 98.5 Å². The standard InChI is InChI=1S/C17H17ClN2O4S/c1-24-14-7-6-13(10-15(14)25(19,22)23)20-16(21)17(8-9-17)11-2-4-12(18)5-3-11/h2-7,10H,8-9H2,1H3,(H,20,21)(H2,19,22,23). The second-order valence-corrected chi connectivity index (χ2v) is 7.92. The van der Waals surface area contributed by atoms with E-state index >= 15 is 0 Å². The molecule has 0 aliphatic heterocycles. The minimum atomic E-state index is -3.97. The first kappa shape index (κ1) is 17.7. The number of primary sulfonamides is 1. The molecular formula is C17H17ClN2O4S. The predicted molar refractivity (Wildman–Crippen MR) is 95.4 cm³/mol. The van der Waals surface area contributed by atoms with Crippen LogP contribution in [-0.4, -0.2) is 21.4 Å². The normalized spacial score (nSPS) is 15.5. The summed E-state index contributed by atoms with van der Waals surface area (Å²) in [7, 11) is -2.62. The second-order valence-electron chi connectivity index (χ2n) is 5.95. The number of hydrogen-bond donors (Lipinski definition) is 2. The molecule has 1 fully saturated rings. The van der Waals surface area contributed by atoms with Crippen LogP contribution in [0.1, 0.15) is 18.4 Å². The lowest BCUT2D eigenvalue weighted by Crippen LogP contribution is -2.28. The van der Waals surface area contributed by atoms with Crippen LogP contribution in [0.2, 0.25) is 5.02 Å². The van der Waals surface area contributed by atoms with Crippen LogP contribution in [0.5, 0.6) is 5.75 Å². The van der Waals surface area contributed by atoms with E-state index in [9.17, 15) is 13.2 Å². The zero-order valence-electron chi connectivity index (χ0n) is 13.5. The van der Waals surface area contributed by atoms with Gasteiger partial charge in [-0.25, -0.2) is 13.6 Å². The highest BCUT2D eigenvalue weighted by Crippen LogP contribution is 2.49. The van der Waals surface area contributed by atoms with Crippen molar-refractivity contribution in [2.45, 2.75) is 23.2 Å². The monoisotopic (exact) mass is 380 g/mol. The minimum Gasteiger partial charge on any atom is -0.495 e. The maximum absolute atomic E-state index is 12.7. The van der Waals surface area contributed by atoms with E-state index in [0.29, 0.717) is 10.7 Å². The Morgan fingerprint density at radius 2 is 1.84 bits per heavy atom. The van der Waals surface area contributed by atoms with Gasteiger partial charge in [0.15, 0.2) is 0 Å². The van der Waals surface area contributed by atoms with Crippen LogP contribution < -0.4 is 15.2 Å². The lowest BCUT2D eigenvalue weighted by Gasteiger charge is -2.17. The van der Waals surface area contributed by atoms with E-state index in [0.717, 1.165) is 18.4 Å². The van der Waals surface area contributed by atoms with Gasteiger partial charge in [-0.2, -0.15) is 0 Å². The largest absolute Gasteiger partial charge is 0.495 e. The summed E-state index contributed by atoms with van der Waals surface area (Å²) < 4.78 is 28.4. The van der Waals surface area contributed by atoms with Crippen molar-refractivity contribution >= 4 is 33.2 Å². The number of amides is 1. The fourth-order valence-corrected chi connectivity index (χ4v) is 3.62. The molecule has 0 spiro atoms. The van der Waals surface area contributed by atoms with Crippen LogP contribution >= 0.6 is 11.6 Å². The fourth-order valence-electron chi connectivity index (χ4n) is 2.77. The summed E-state index contributed by atoms with van der Waals surface area (Å²) in [5, 5.41) is 8.58. The molecule has 6 nitrogen and oxygen atoms in total. The number of carbonyl (C=O) groups excluding carboxylic acids is 1. The lowest BCUT2D eigenvalue weighted by atomic mass is 9.95. The van der Waals surface area contributed by atoms with E-state index in [1.54, 1.807) is 18.2 Å². The van der Waals surface area contributed by atoms with E-state index in [1.807, 2.05) is 12.1 Å². The summed E-state index contributed by atoms with van der Waals surface area (Å²) in [5.74, 6) is -0.0697. The van der Waals surface area contributed by atoms with Gasteiger partial charge in [0.1, 0.15) is 10.6 Å². The highest BCUT2D eigenvalue weighted by atomic mass is 35.5. The average molecular weight is 381 g/mol. The first-order chi connectivity index (χ1) is 11.8. The summed E-state index contributed by atoms with van der Waals surface area (Å²) in [6, 6.07) is 11.5. The molecule has 0 atom stereocenters. The molecule has 0 saturated heterocycles. The Balaban J connectivity index is 1.88. The molecule has 3 rings (SSSR count). The first-order valence-corrected chi connectivity index (χ1v) is 9.47. The van der Waals surface area contributed by atoms with E-state index < -0.39 is 15.4 Å². The van der Waals surface area contributed by atoms with Crippen LogP contribution in [-0.2, 0) is 20.2 Å². The molecule has 1 aliphatic rings. The average Bonchev–Trinajstić information content (AvgIpc) is 3.36. The Kier molecular flexibility index (Phi) is 4.49. The Bertz CT molecular complexity index is 922. The van der Waals surface area contributed by atoms with E-state index in [2.05, 4.69) is 5.32 Å². The smallest absolute Gasteiger partial charge is 0.241 e. The molecule has 0 bridgehead atoms. The molecular weight excluding hydrogens is 364 g/mol. The van der Waals surface area contributed by atoms with Gasteiger partial charge in [-0.15, -0.1) is 0 Å². The molecule has 8 heteroatoms.